The first kappa shape index (κ1) is 25.5. The monoisotopic (exact) mass is 385 g/mol. The van der Waals surface area contributed by atoms with Gasteiger partial charge in [-0.05, 0) is 33.3 Å². The Labute approximate surface area is 170 Å². The number of ether oxygens (including phenoxy) is 1. The fourth-order valence-electron chi connectivity index (χ4n) is 2.16. The maximum Gasteiger partial charge on any atom is 0.213 e. The third-order valence-corrected chi connectivity index (χ3v) is 3.94. The molecule has 0 bridgehead atoms. The lowest BCUT2D eigenvalue weighted by molar-refractivity contribution is -0.117. The van der Waals surface area contributed by atoms with Gasteiger partial charge in [0.25, 0.3) is 0 Å². The SMILES string of the molecule is CCC(=O)c1ccnc(OC)c1.CCCCCC(C)=O.Cc1ccc(C)cc1. The maximum absolute atomic E-state index is 11.2. The van der Waals surface area contributed by atoms with E-state index in [1.165, 1.54) is 31.1 Å². The number of ketones is 2. The molecular formula is C24H35NO3. The van der Waals surface area contributed by atoms with Crippen LogP contribution in [0, 0.1) is 13.8 Å². The molecule has 1 aromatic carbocycles. The molecule has 0 unspecified atom stereocenters. The quantitative estimate of drug-likeness (QED) is 0.424. The van der Waals surface area contributed by atoms with Crippen molar-refractivity contribution in [2.45, 2.75) is 66.7 Å². The zero-order valence-corrected chi connectivity index (χ0v) is 18.2. The lowest BCUT2D eigenvalue weighted by atomic mass is 10.1. The third kappa shape index (κ3) is 12.8. The number of carbonyl (C=O) groups is 2. The number of benzene rings is 1. The fraction of sp³-hybridized carbons (Fsp3) is 0.458. The summed E-state index contributed by atoms with van der Waals surface area (Å²) in [5.41, 5.74) is 3.32. The summed E-state index contributed by atoms with van der Waals surface area (Å²) in [6.07, 6.45) is 6.32. The van der Waals surface area contributed by atoms with Crippen LogP contribution in [0.5, 0.6) is 5.88 Å². The van der Waals surface area contributed by atoms with Crippen molar-refractivity contribution in [1.29, 1.82) is 0 Å². The molecule has 4 heteroatoms. The van der Waals surface area contributed by atoms with Gasteiger partial charge in [0.05, 0.1) is 7.11 Å². The Bertz CT molecular complexity index is 672. The lowest BCUT2D eigenvalue weighted by Crippen LogP contribution is -1.97. The number of aryl methyl sites for hydroxylation is 2. The van der Waals surface area contributed by atoms with E-state index in [1.807, 2.05) is 6.92 Å². The van der Waals surface area contributed by atoms with Crippen LogP contribution in [0.2, 0.25) is 0 Å². The van der Waals surface area contributed by atoms with Crippen LogP contribution in [-0.2, 0) is 4.79 Å². The molecule has 0 aliphatic carbocycles. The lowest BCUT2D eigenvalue weighted by Gasteiger charge is -2.00. The van der Waals surface area contributed by atoms with Gasteiger partial charge in [-0.15, -0.1) is 0 Å². The van der Waals surface area contributed by atoms with E-state index in [2.05, 4.69) is 50.0 Å². The van der Waals surface area contributed by atoms with E-state index in [0.717, 1.165) is 12.8 Å². The standard InChI is InChI=1S/C9H11NO2.C8H10.C7H14O/c1-3-8(11)7-4-5-10-9(6-7)12-2;1-7-3-5-8(2)6-4-7;1-3-4-5-6-7(2)8/h4-6H,3H2,1-2H3;3-6H,1-2H3;3-6H2,1-2H3. The molecule has 0 fully saturated rings. The molecule has 154 valence electrons. The van der Waals surface area contributed by atoms with Crippen LogP contribution in [0.15, 0.2) is 42.6 Å². The van der Waals surface area contributed by atoms with Crippen molar-refractivity contribution in [3.63, 3.8) is 0 Å². The first-order chi connectivity index (χ1) is 13.3. The highest BCUT2D eigenvalue weighted by molar-refractivity contribution is 5.95. The Morgan fingerprint density at radius 3 is 1.96 bits per heavy atom. The van der Waals surface area contributed by atoms with E-state index in [0.29, 0.717) is 23.6 Å². The van der Waals surface area contributed by atoms with E-state index in [-0.39, 0.29) is 5.78 Å². The van der Waals surface area contributed by atoms with Gasteiger partial charge in [0.1, 0.15) is 5.78 Å². The molecule has 28 heavy (non-hydrogen) atoms. The van der Waals surface area contributed by atoms with Crippen molar-refractivity contribution in [3.05, 3.63) is 59.3 Å². The second kappa shape index (κ2) is 15.6. The third-order valence-electron chi connectivity index (χ3n) is 3.94. The number of Topliss-reactive ketones (excluding diaryl/α,β-unsaturated/α-hetero) is 2. The van der Waals surface area contributed by atoms with Crippen molar-refractivity contribution >= 4 is 11.6 Å². The first-order valence-electron chi connectivity index (χ1n) is 9.89. The average molecular weight is 386 g/mol. The number of hydrogen-bond acceptors (Lipinski definition) is 4. The first-order valence-corrected chi connectivity index (χ1v) is 9.89. The van der Waals surface area contributed by atoms with Crippen LogP contribution in [0.3, 0.4) is 0 Å². The van der Waals surface area contributed by atoms with E-state index >= 15 is 0 Å². The summed E-state index contributed by atoms with van der Waals surface area (Å²) >= 11 is 0. The van der Waals surface area contributed by atoms with Crippen LogP contribution < -0.4 is 4.74 Å². The van der Waals surface area contributed by atoms with Crippen molar-refractivity contribution in [3.8, 4) is 5.88 Å². The van der Waals surface area contributed by atoms with Gasteiger partial charge >= 0.3 is 0 Å². The Morgan fingerprint density at radius 1 is 0.964 bits per heavy atom. The van der Waals surface area contributed by atoms with Crippen molar-refractivity contribution in [1.82, 2.24) is 4.98 Å². The molecule has 0 aliphatic rings. The molecule has 1 heterocycles. The van der Waals surface area contributed by atoms with Crippen LogP contribution in [0.4, 0.5) is 0 Å². The van der Waals surface area contributed by atoms with Crippen molar-refractivity contribution in [2.75, 3.05) is 7.11 Å². The van der Waals surface area contributed by atoms with E-state index in [1.54, 1.807) is 25.3 Å². The van der Waals surface area contributed by atoms with Crippen LogP contribution >= 0.6 is 0 Å². The maximum atomic E-state index is 11.2. The van der Waals surface area contributed by atoms with E-state index in [4.69, 9.17) is 4.74 Å². The number of pyridine rings is 1. The Balaban J connectivity index is 0.000000405. The second-order valence-electron chi connectivity index (χ2n) is 6.68. The van der Waals surface area contributed by atoms with E-state index in [9.17, 15) is 9.59 Å². The Morgan fingerprint density at radius 2 is 1.54 bits per heavy atom. The predicted octanol–water partition coefficient (Wildman–Crippen LogP) is 6.14. The largest absolute Gasteiger partial charge is 0.481 e. The number of aromatic nitrogens is 1. The van der Waals surface area contributed by atoms with E-state index < -0.39 is 0 Å². The van der Waals surface area contributed by atoms with Gasteiger partial charge in [-0.25, -0.2) is 4.98 Å². The summed E-state index contributed by atoms with van der Waals surface area (Å²) in [7, 11) is 1.53. The van der Waals surface area contributed by atoms with Gasteiger partial charge in [0.15, 0.2) is 5.78 Å². The predicted molar refractivity (Wildman–Crippen MR) is 116 cm³/mol. The highest BCUT2D eigenvalue weighted by Crippen LogP contribution is 2.10. The smallest absolute Gasteiger partial charge is 0.213 e. The molecule has 0 radical (unpaired) electrons. The van der Waals surface area contributed by atoms with Gasteiger partial charge in [0.2, 0.25) is 5.88 Å². The van der Waals surface area contributed by atoms with Crippen molar-refractivity contribution in [2.24, 2.45) is 0 Å². The summed E-state index contributed by atoms with van der Waals surface area (Å²) in [6.45, 7) is 9.81. The molecule has 0 amide bonds. The minimum absolute atomic E-state index is 0.107. The molecular weight excluding hydrogens is 350 g/mol. The number of methoxy groups -OCH3 is 1. The highest BCUT2D eigenvalue weighted by Gasteiger charge is 2.03. The molecule has 0 saturated carbocycles. The molecule has 4 nitrogen and oxygen atoms in total. The molecule has 0 atom stereocenters. The summed E-state index contributed by atoms with van der Waals surface area (Å²) < 4.78 is 4.89. The Kier molecular flexibility index (Phi) is 14.2. The summed E-state index contributed by atoms with van der Waals surface area (Å²) in [6, 6.07) is 11.8. The molecule has 0 spiro atoms. The zero-order chi connectivity index (χ0) is 21.4. The number of unbranched alkanes of at least 4 members (excludes halogenated alkanes) is 2. The molecule has 2 rings (SSSR count). The van der Waals surface area contributed by atoms with Gasteiger partial charge in [-0.1, -0.05) is 62.1 Å². The zero-order valence-electron chi connectivity index (χ0n) is 18.2. The van der Waals surface area contributed by atoms with Crippen LogP contribution in [0.25, 0.3) is 0 Å². The summed E-state index contributed by atoms with van der Waals surface area (Å²) in [4.78, 5) is 25.4. The van der Waals surface area contributed by atoms with Gasteiger partial charge in [-0.3, -0.25) is 4.79 Å². The number of rotatable bonds is 7. The molecule has 1 aromatic heterocycles. The molecule has 0 saturated heterocycles. The van der Waals surface area contributed by atoms with Crippen molar-refractivity contribution < 1.29 is 14.3 Å². The molecule has 2 aromatic rings. The number of carbonyl (C=O) groups excluding carboxylic acids is 2. The normalized spacial score (nSPS) is 9.36. The summed E-state index contributed by atoms with van der Waals surface area (Å²) in [5.74, 6) is 0.906. The second-order valence-corrected chi connectivity index (χ2v) is 6.68. The van der Waals surface area contributed by atoms with Gasteiger partial charge < -0.3 is 9.53 Å². The minimum Gasteiger partial charge on any atom is -0.481 e. The van der Waals surface area contributed by atoms with Crippen LogP contribution in [-0.4, -0.2) is 23.7 Å². The number of hydrogen-bond donors (Lipinski definition) is 0. The molecule has 0 aliphatic heterocycles. The van der Waals surface area contributed by atoms with Gasteiger partial charge in [0, 0.05) is 30.7 Å². The van der Waals surface area contributed by atoms with Crippen LogP contribution in [0.1, 0.15) is 74.4 Å². The Hall–Kier alpha value is -2.49. The summed E-state index contributed by atoms with van der Waals surface area (Å²) in [5, 5.41) is 0. The fourth-order valence-corrected chi connectivity index (χ4v) is 2.16. The number of nitrogens with zero attached hydrogens (tertiary/aromatic N) is 1. The molecule has 0 N–H and O–H groups in total. The highest BCUT2D eigenvalue weighted by atomic mass is 16.5. The van der Waals surface area contributed by atoms with Gasteiger partial charge in [-0.2, -0.15) is 0 Å². The average Bonchev–Trinajstić information content (AvgIpc) is 2.70. The topological polar surface area (TPSA) is 56.3 Å². The minimum atomic E-state index is 0.107.